The van der Waals surface area contributed by atoms with Gasteiger partial charge in [-0.3, -0.25) is 0 Å². The number of benzene rings is 2. The van der Waals surface area contributed by atoms with Crippen LogP contribution >= 0.6 is 0 Å². The summed E-state index contributed by atoms with van der Waals surface area (Å²) in [5, 5.41) is 0. The molecule has 1 nitrogen and oxygen atoms in total. The fraction of sp³-hybridized carbons (Fsp3) is 0.250. The quantitative estimate of drug-likeness (QED) is 0.726. The van der Waals surface area contributed by atoms with Crippen LogP contribution in [0.15, 0.2) is 60.7 Å². The highest BCUT2D eigenvalue weighted by Gasteiger charge is 2.44. The number of hydrogen-bond donors (Lipinski definition) is 0. The lowest BCUT2D eigenvalue weighted by atomic mass is 9.93. The molecule has 86 valence electrons. The lowest BCUT2D eigenvalue weighted by Crippen LogP contribution is -2.18. The van der Waals surface area contributed by atoms with Crippen LogP contribution < -0.4 is 0 Å². The van der Waals surface area contributed by atoms with E-state index in [2.05, 4.69) is 60.7 Å². The average Bonchev–Trinajstić information content (AvgIpc) is 3.11. The molecule has 1 aliphatic heterocycles. The van der Waals surface area contributed by atoms with Gasteiger partial charge in [0.25, 0.3) is 0 Å². The van der Waals surface area contributed by atoms with E-state index in [-0.39, 0.29) is 5.60 Å². The van der Waals surface area contributed by atoms with Crippen LogP contribution in [-0.4, -0.2) is 12.2 Å². The Morgan fingerprint density at radius 3 is 1.53 bits per heavy atom. The Morgan fingerprint density at radius 1 is 0.765 bits per heavy atom. The first-order chi connectivity index (χ1) is 8.36. The van der Waals surface area contributed by atoms with Crippen LogP contribution in [0.4, 0.5) is 0 Å². The smallest absolute Gasteiger partial charge is 0.0996 e. The van der Waals surface area contributed by atoms with Gasteiger partial charge in [-0.2, -0.15) is 0 Å². The summed E-state index contributed by atoms with van der Waals surface area (Å²) < 4.78 is 5.70. The molecule has 1 heterocycles. The highest BCUT2D eigenvalue weighted by Crippen LogP contribution is 2.34. The van der Waals surface area contributed by atoms with E-state index in [0.717, 1.165) is 19.4 Å². The van der Waals surface area contributed by atoms with Crippen LogP contribution in [0.2, 0.25) is 0 Å². The molecule has 1 aliphatic rings. The number of epoxide rings is 1. The molecule has 2 aromatic rings. The van der Waals surface area contributed by atoms with E-state index in [0.29, 0.717) is 0 Å². The average molecular weight is 224 g/mol. The second-order valence-electron chi connectivity index (χ2n) is 4.80. The maximum atomic E-state index is 5.70. The maximum Gasteiger partial charge on any atom is 0.0996 e. The maximum absolute atomic E-state index is 5.70. The molecule has 1 fully saturated rings. The fourth-order valence-electron chi connectivity index (χ4n) is 2.30. The third-order valence-corrected chi connectivity index (χ3v) is 3.29. The molecular formula is C16H16O. The van der Waals surface area contributed by atoms with Gasteiger partial charge < -0.3 is 4.74 Å². The second kappa shape index (κ2) is 4.34. The Kier molecular flexibility index (Phi) is 2.69. The van der Waals surface area contributed by atoms with Gasteiger partial charge in [0.1, 0.15) is 0 Å². The molecule has 0 aromatic heterocycles. The first-order valence-electron chi connectivity index (χ1n) is 6.08. The van der Waals surface area contributed by atoms with Gasteiger partial charge >= 0.3 is 0 Å². The standard InChI is InChI=1S/C16H16O/c1-3-7-14(8-4-1)11-16(13-17-16)12-15-9-5-2-6-10-15/h1-10H,11-13H2. The molecule has 0 spiro atoms. The zero-order chi connectivity index (χ0) is 11.6. The number of rotatable bonds is 4. The highest BCUT2D eigenvalue weighted by atomic mass is 16.6. The van der Waals surface area contributed by atoms with Gasteiger partial charge in [-0.1, -0.05) is 60.7 Å². The molecule has 0 aliphatic carbocycles. The molecule has 0 saturated carbocycles. The Morgan fingerprint density at radius 2 is 1.18 bits per heavy atom. The monoisotopic (exact) mass is 224 g/mol. The third-order valence-electron chi connectivity index (χ3n) is 3.29. The molecule has 2 aromatic carbocycles. The highest BCUT2D eigenvalue weighted by molar-refractivity contribution is 5.24. The fourth-order valence-corrected chi connectivity index (χ4v) is 2.30. The van der Waals surface area contributed by atoms with Crippen LogP contribution in [0.1, 0.15) is 11.1 Å². The molecule has 0 atom stereocenters. The summed E-state index contributed by atoms with van der Waals surface area (Å²) in [7, 11) is 0. The topological polar surface area (TPSA) is 12.5 Å². The van der Waals surface area contributed by atoms with Crippen molar-refractivity contribution in [3.05, 3.63) is 71.8 Å². The second-order valence-corrected chi connectivity index (χ2v) is 4.80. The summed E-state index contributed by atoms with van der Waals surface area (Å²) in [6, 6.07) is 21.2. The van der Waals surface area contributed by atoms with Gasteiger partial charge in [0.05, 0.1) is 12.2 Å². The molecule has 17 heavy (non-hydrogen) atoms. The Labute approximate surface area is 102 Å². The third kappa shape index (κ3) is 2.56. The van der Waals surface area contributed by atoms with Crippen molar-refractivity contribution < 1.29 is 4.74 Å². The van der Waals surface area contributed by atoms with Crippen LogP contribution in [0.25, 0.3) is 0 Å². The van der Waals surface area contributed by atoms with Gasteiger partial charge in [-0.25, -0.2) is 0 Å². The Balaban J connectivity index is 1.71. The minimum Gasteiger partial charge on any atom is -0.369 e. The van der Waals surface area contributed by atoms with E-state index in [9.17, 15) is 0 Å². The lowest BCUT2D eigenvalue weighted by Gasteiger charge is -2.11. The van der Waals surface area contributed by atoms with Crippen molar-refractivity contribution in [3.8, 4) is 0 Å². The Bertz CT molecular complexity index is 428. The van der Waals surface area contributed by atoms with E-state index < -0.39 is 0 Å². The summed E-state index contributed by atoms with van der Waals surface area (Å²) in [6.07, 6.45) is 2.03. The SMILES string of the molecule is c1ccc(CC2(Cc3ccccc3)CO2)cc1. The van der Waals surface area contributed by atoms with E-state index in [4.69, 9.17) is 4.74 Å². The van der Waals surface area contributed by atoms with Crippen molar-refractivity contribution in [2.45, 2.75) is 18.4 Å². The molecule has 0 radical (unpaired) electrons. The van der Waals surface area contributed by atoms with Gasteiger partial charge in [0, 0.05) is 12.8 Å². The molecule has 3 rings (SSSR count). The number of ether oxygens (including phenoxy) is 1. The molecule has 0 unspecified atom stereocenters. The van der Waals surface area contributed by atoms with Gasteiger partial charge in [0.15, 0.2) is 0 Å². The molecule has 1 saturated heterocycles. The van der Waals surface area contributed by atoms with E-state index in [1.807, 2.05) is 0 Å². The Hall–Kier alpha value is -1.60. The van der Waals surface area contributed by atoms with Crippen molar-refractivity contribution in [2.24, 2.45) is 0 Å². The summed E-state index contributed by atoms with van der Waals surface area (Å²) in [5.74, 6) is 0. The van der Waals surface area contributed by atoms with Crippen LogP contribution in [0.3, 0.4) is 0 Å². The van der Waals surface area contributed by atoms with E-state index in [1.54, 1.807) is 0 Å². The zero-order valence-corrected chi connectivity index (χ0v) is 9.80. The molecule has 0 N–H and O–H groups in total. The first kappa shape index (κ1) is 10.5. The van der Waals surface area contributed by atoms with Crippen LogP contribution in [-0.2, 0) is 17.6 Å². The van der Waals surface area contributed by atoms with Crippen molar-refractivity contribution in [2.75, 3.05) is 6.61 Å². The van der Waals surface area contributed by atoms with E-state index >= 15 is 0 Å². The molecule has 0 amide bonds. The minimum absolute atomic E-state index is 0.0582. The largest absolute Gasteiger partial charge is 0.369 e. The molecule has 0 bridgehead atoms. The zero-order valence-electron chi connectivity index (χ0n) is 9.80. The lowest BCUT2D eigenvalue weighted by molar-refractivity contribution is 0.300. The predicted molar refractivity (Wildman–Crippen MR) is 69.0 cm³/mol. The van der Waals surface area contributed by atoms with Gasteiger partial charge in [-0.15, -0.1) is 0 Å². The van der Waals surface area contributed by atoms with Crippen molar-refractivity contribution in [3.63, 3.8) is 0 Å². The van der Waals surface area contributed by atoms with Crippen molar-refractivity contribution in [1.29, 1.82) is 0 Å². The number of hydrogen-bond acceptors (Lipinski definition) is 1. The van der Waals surface area contributed by atoms with Crippen LogP contribution in [0, 0.1) is 0 Å². The minimum atomic E-state index is 0.0582. The predicted octanol–water partition coefficient (Wildman–Crippen LogP) is 3.24. The summed E-state index contributed by atoms with van der Waals surface area (Å²) in [4.78, 5) is 0. The van der Waals surface area contributed by atoms with Crippen molar-refractivity contribution >= 4 is 0 Å². The van der Waals surface area contributed by atoms with Crippen LogP contribution in [0.5, 0.6) is 0 Å². The summed E-state index contributed by atoms with van der Waals surface area (Å²) in [6.45, 7) is 0.886. The molecule has 1 heteroatoms. The normalized spacial score (nSPS) is 16.7. The van der Waals surface area contributed by atoms with Gasteiger partial charge in [-0.05, 0) is 11.1 Å². The van der Waals surface area contributed by atoms with Crippen molar-refractivity contribution in [1.82, 2.24) is 0 Å². The summed E-state index contributed by atoms with van der Waals surface area (Å²) >= 11 is 0. The van der Waals surface area contributed by atoms with Gasteiger partial charge in [0.2, 0.25) is 0 Å². The molecular weight excluding hydrogens is 208 g/mol. The van der Waals surface area contributed by atoms with E-state index in [1.165, 1.54) is 11.1 Å². The summed E-state index contributed by atoms with van der Waals surface area (Å²) in [5.41, 5.74) is 2.78. The first-order valence-corrected chi connectivity index (χ1v) is 6.08.